The molecule has 0 radical (unpaired) electrons. The van der Waals surface area contributed by atoms with Gasteiger partial charge < -0.3 is 4.57 Å². The summed E-state index contributed by atoms with van der Waals surface area (Å²) in [6.45, 7) is 0. The van der Waals surface area contributed by atoms with Crippen LogP contribution >= 0.6 is 0 Å². The Morgan fingerprint density at radius 3 is 1.56 bits per heavy atom. The summed E-state index contributed by atoms with van der Waals surface area (Å²) in [6, 6.07) is 72.6. The molecule has 4 heteroatoms. The Morgan fingerprint density at radius 1 is 0.333 bits per heavy atom. The Balaban J connectivity index is 1.12. The lowest BCUT2D eigenvalue weighted by molar-refractivity contribution is 1.18. The van der Waals surface area contributed by atoms with Crippen LogP contribution in [0.1, 0.15) is 0 Å². The number of nitrogens with zero attached hydrogens (tertiary/aromatic N) is 4. The van der Waals surface area contributed by atoms with Gasteiger partial charge in [0.25, 0.3) is 0 Å². The summed E-state index contributed by atoms with van der Waals surface area (Å²) < 4.78 is 2.43. The van der Waals surface area contributed by atoms with Gasteiger partial charge in [0.05, 0.1) is 33.6 Å². The standard InChI is InChI=1S/C53H34N4/c1-5-16-36(17-6-1)48-34-49(37-18-7-2-8-19-37)56-53(55-48)39-30-28-35(29-31-39)41-25-15-26-43-45-32-46-44(33-50(45)57(52(41)43)40-22-11-4-12-23-40)42-24-13-14-27-47(42)54-51(46)38-20-9-3-10-21-38/h1-34H. The highest BCUT2D eigenvalue weighted by Gasteiger charge is 2.20. The number of fused-ring (bicyclic) bond motifs is 6. The third kappa shape index (κ3) is 5.66. The zero-order chi connectivity index (χ0) is 37.7. The normalized spacial score (nSPS) is 11.5. The number of para-hydroxylation sites is 3. The van der Waals surface area contributed by atoms with E-state index in [1.807, 2.05) is 36.4 Å². The Hall–Kier alpha value is -7.69. The molecule has 0 atom stereocenters. The first-order valence-corrected chi connectivity index (χ1v) is 19.3. The Bertz CT molecular complexity index is 3190. The van der Waals surface area contributed by atoms with Gasteiger partial charge in [-0.3, -0.25) is 0 Å². The number of rotatable bonds is 6. The third-order valence-corrected chi connectivity index (χ3v) is 11.0. The summed E-state index contributed by atoms with van der Waals surface area (Å²) >= 11 is 0. The van der Waals surface area contributed by atoms with Crippen molar-refractivity contribution in [2.75, 3.05) is 0 Å². The van der Waals surface area contributed by atoms with Crippen molar-refractivity contribution in [2.24, 2.45) is 0 Å². The van der Waals surface area contributed by atoms with Crippen LogP contribution in [0.2, 0.25) is 0 Å². The van der Waals surface area contributed by atoms with E-state index in [2.05, 4.69) is 174 Å². The van der Waals surface area contributed by atoms with Gasteiger partial charge in [0, 0.05) is 55.0 Å². The second-order valence-electron chi connectivity index (χ2n) is 14.4. The van der Waals surface area contributed by atoms with Gasteiger partial charge in [-0.2, -0.15) is 0 Å². The molecule has 3 aromatic heterocycles. The molecule has 0 aliphatic heterocycles. The molecule has 0 aliphatic rings. The predicted octanol–water partition coefficient (Wildman–Crippen LogP) is 13.6. The van der Waals surface area contributed by atoms with Crippen molar-refractivity contribution in [3.63, 3.8) is 0 Å². The molecule has 0 amide bonds. The fraction of sp³-hybridized carbons (Fsp3) is 0. The molecule has 11 rings (SSSR count). The van der Waals surface area contributed by atoms with Crippen LogP contribution in [0.15, 0.2) is 206 Å². The first kappa shape index (κ1) is 32.7. The molecule has 8 aromatic carbocycles. The summed E-state index contributed by atoms with van der Waals surface area (Å²) in [4.78, 5) is 15.4. The van der Waals surface area contributed by atoms with Gasteiger partial charge in [0.2, 0.25) is 0 Å². The third-order valence-electron chi connectivity index (χ3n) is 11.0. The second kappa shape index (κ2) is 13.6. The van der Waals surface area contributed by atoms with Crippen LogP contribution in [0.3, 0.4) is 0 Å². The number of hydrogen-bond donors (Lipinski definition) is 0. The molecule has 266 valence electrons. The minimum atomic E-state index is 0.695. The molecule has 3 heterocycles. The molecule has 0 saturated carbocycles. The zero-order valence-electron chi connectivity index (χ0n) is 30.9. The minimum absolute atomic E-state index is 0.695. The highest BCUT2D eigenvalue weighted by atomic mass is 15.0. The average Bonchev–Trinajstić information content (AvgIpc) is 3.62. The van der Waals surface area contributed by atoms with Gasteiger partial charge in [-0.1, -0.05) is 170 Å². The van der Waals surface area contributed by atoms with E-state index >= 15 is 0 Å². The molecule has 57 heavy (non-hydrogen) atoms. The van der Waals surface area contributed by atoms with Crippen molar-refractivity contribution in [1.82, 2.24) is 19.5 Å². The maximum absolute atomic E-state index is 5.25. The predicted molar refractivity (Wildman–Crippen MR) is 236 cm³/mol. The van der Waals surface area contributed by atoms with Crippen molar-refractivity contribution in [1.29, 1.82) is 0 Å². The fourth-order valence-electron chi connectivity index (χ4n) is 8.29. The van der Waals surface area contributed by atoms with E-state index in [1.165, 1.54) is 16.2 Å². The van der Waals surface area contributed by atoms with Crippen molar-refractivity contribution in [3.8, 4) is 62.0 Å². The van der Waals surface area contributed by atoms with E-state index in [0.717, 1.165) is 83.5 Å². The SMILES string of the molecule is c1ccc(-c2cc(-c3ccccc3)nc(-c3ccc(-c4cccc5c6cc7c(-c8ccccc8)nc8ccccc8c7cc6n(-c6ccccc6)c45)cc3)n2)cc1. The molecule has 0 saturated heterocycles. The molecule has 0 fully saturated rings. The number of aromatic nitrogens is 4. The van der Waals surface area contributed by atoms with Crippen LogP contribution in [-0.4, -0.2) is 19.5 Å². The van der Waals surface area contributed by atoms with Crippen molar-refractivity contribution in [3.05, 3.63) is 206 Å². The van der Waals surface area contributed by atoms with Crippen molar-refractivity contribution in [2.45, 2.75) is 0 Å². The van der Waals surface area contributed by atoms with Gasteiger partial charge >= 0.3 is 0 Å². The summed E-state index contributed by atoms with van der Waals surface area (Å²) in [5, 5.41) is 5.85. The Morgan fingerprint density at radius 2 is 0.895 bits per heavy atom. The van der Waals surface area contributed by atoms with Crippen LogP contribution in [0, 0.1) is 0 Å². The maximum Gasteiger partial charge on any atom is 0.160 e. The molecule has 0 unspecified atom stereocenters. The van der Waals surface area contributed by atoms with E-state index in [9.17, 15) is 0 Å². The van der Waals surface area contributed by atoms with Gasteiger partial charge in [0.1, 0.15) is 0 Å². The molecule has 4 nitrogen and oxygen atoms in total. The summed E-state index contributed by atoms with van der Waals surface area (Å²) in [5.74, 6) is 0.695. The topological polar surface area (TPSA) is 43.6 Å². The monoisotopic (exact) mass is 726 g/mol. The van der Waals surface area contributed by atoms with Crippen LogP contribution in [0.25, 0.3) is 105 Å². The smallest absolute Gasteiger partial charge is 0.160 e. The van der Waals surface area contributed by atoms with E-state index in [0.29, 0.717) is 5.82 Å². The fourth-order valence-corrected chi connectivity index (χ4v) is 8.29. The van der Waals surface area contributed by atoms with E-state index in [4.69, 9.17) is 15.0 Å². The highest BCUT2D eigenvalue weighted by Crippen LogP contribution is 2.43. The molecule has 0 spiro atoms. The lowest BCUT2D eigenvalue weighted by Crippen LogP contribution is -1.97. The summed E-state index contributed by atoms with van der Waals surface area (Å²) in [6.07, 6.45) is 0. The molecule has 11 aromatic rings. The van der Waals surface area contributed by atoms with Crippen molar-refractivity contribution < 1.29 is 0 Å². The quantitative estimate of drug-likeness (QED) is 0.160. The molecule has 0 aliphatic carbocycles. The lowest BCUT2D eigenvalue weighted by atomic mass is 9.97. The largest absolute Gasteiger partial charge is 0.309 e. The molecular formula is C53H34N4. The van der Waals surface area contributed by atoms with E-state index in [1.54, 1.807) is 0 Å². The van der Waals surface area contributed by atoms with Gasteiger partial charge in [-0.15, -0.1) is 0 Å². The maximum atomic E-state index is 5.25. The van der Waals surface area contributed by atoms with E-state index < -0.39 is 0 Å². The minimum Gasteiger partial charge on any atom is -0.309 e. The first-order chi connectivity index (χ1) is 28.3. The summed E-state index contributed by atoms with van der Waals surface area (Å²) in [7, 11) is 0. The Kier molecular flexibility index (Phi) is 7.78. The molecule has 0 N–H and O–H groups in total. The number of hydrogen-bond acceptors (Lipinski definition) is 3. The van der Waals surface area contributed by atoms with Crippen LogP contribution < -0.4 is 0 Å². The second-order valence-corrected chi connectivity index (χ2v) is 14.4. The van der Waals surface area contributed by atoms with Gasteiger partial charge in [-0.25, -0.2) is 15.0 Å². The van der Waals surface area contributed by atoms with Gasteiger partial charge in [-0.05, 0) is 47.3 Å². The number of benzene rings is 8. The lowest BCUT2D eigenvalue weighted by Gasteiger charge is -2.13. The van der Waals surface area contributed by atoms with Crippen LogP contribution in [0.5, 0.6) is 0 Å². The molecule has 0 bridgehead atoms. The Labute approximate surface area is 330 Å². The highest BCUT2D eigenvalue weighted by molar-refractivity contribution is 6.21. The first-order valence-electron chi connectivity index (χ1n) is 19.3. The van der Waals surface area contributed by atoms with Crippen LogP contribution in [-0.2, 0) is 0 Å². The number of pyridine rings is 1. The summed E-state index contributed by atoms with van der Waals surface area (Å²) in [5.41, 5.74) is 13.7. The van der Waals surface area contributed by atoms with Crippen LogP contribution in [0.4, 0.5) is 0 Å². The van der Waals surface area contributed by atoms with Gasteiger partial charge in [0.15, 0.2) is 5.82 Å². The molecular weight excluding hydrogens is 693 g/mol. The van der Waals surface area contributed by atoms with E-state index in [-0.39, 0.29) is 0 Å². The average molecular weight is 727 g/mol. The zero-order valence-corrected chi connectivity index (χ0v) is 30.9. The van der Waals surface area contributed by atoms with Crippen molar-refractivity contribution >= 4 is 43.5 Å².